The topological polar surface area (TPSA) is 53.1 Å². The summed E-state index contributed by atoms with van der Waals surface area (Å²) in [4.78, 5) is 4.40. The number of para-hydroxylation sites is 1. The molecule has 0 amide bonds. The predicted octanol–water partition coefficient (Wildman–Crippen LogP) is 3.13. The van der Waals surface area contributed by atoms with E-state index < -0.39 is 0 Å². The molecule has 0 bridgehead atoms. The molecule has 4 nitrogen and oxygen atoms in total. The Morgan fingerprint density at radius 2 is 2.05 bits per heavy atom. The molecule has 0 spiro atoms. The number of ether oxygens (including phenoxy) is 1. The molecule has 0 aliphatic heterocycles. The summed E-state index contributed by atoms with van der Waals surface area (Å²) in [6, 6.07) is 6.12. The predicted molar refractivity (Wildman–Crippen MR) is 79.2 cm³/mol. The summed E-state index contributed by atoms with van der Waals surface area (Å²) in [5, 5.41) is 0. The zero-order valence-corrected chi connectivity index (χ0v) is 11.9. The van der Waals surface area contributed by atoms with Gasteiger partial charge in [0.2, 0.25) is 5.95 Å². The third kappa shape index (κ3) is 3.26. The van der Waals surface area contributed by atoms with Gasteiger partial charge in [-0.3, -0.25) is 0 Å². The van der Waals surface area contributed by atoms with Gasteiger partial charge in [-0.05, 0) is 31.4 Å². The molecular weight excluding hydrogens is 238 g/mol. The van der Waals surface area contributed by atoms with E-state index in [9.17, 15) is 0 Å². The molecule has 0 unspecified atom stereocenters. The van der Waals surface area contributed by atoms with Crippen LogP contribution in [0.2, 0.25) is 0 Å². The zero-order chi connectivity index (χ0) is 13.7. The molecule has 2 aromatic rings. The fourth-order valence-corrected chi connectivity index (χ4v) is 2.28. The number of fused-ring (bicyclic) bond motifs is 1. The number of nitrogens with zero attached hydrogens (tertiary/aromatic N) is 2. The first-order valence-corrected chi connectivity index (χ1v) is 7.03. The smallest absolute Gasteiger partial charge is 0.201 e. The van der Waals surface area contributed by atoms with Gasteiger partial charge in [0.05, 0.1) is 11.0 Å². The molecule has 104 valence electrons. The van der Waals surface area contributed by atoms with Gasteiger partial charge in [-0.15, -0.1) is 0 Å². The number of rotatable bonds is 7. The van der Waals surface area contributed by atoms with Gasteiger partial charge in [0.1, 0.15) is 0 Å². The fraction of sp³-hybridized carbons (Fsp3) is 0.533. The average Bonchev–Trinajstić information content (AvgIpc) is 2.71. The van der Waals surface area contributed by atoms with E-state index in [0.717, 1.165) is 43.6 Å². The number of benzene rings is 1. The van der Waals surface area contributed by atoms with Crippen LogP contribution in [0.3, 0.4) is 0 Å². The van der Waals surface area contributed by atoms with Crippen molar-refractivity contribution in [1.82, 2.24) is 9.55 Å². The van der Waals surface area contributed by atoms with E-state index in [0.29, 0.717) is 5.95 Å². The molecule has 2 N–H and O–H groups in total. The molecular formula is C15H23N3O. The van der Waals surface area contributed by atoms with Gasteiger partial charge in [-0.1, -0.05) is 25.5 Å². The van der Waals surface area contributed by atoms with Crippen LogP contribution in [0.25, 0.3) is 11.0 Å². The van der Waals surface area contributed by atoms with Crippen LogP contribution in [0.4, 0.5) is 5.95 Å². The molecule has 1 aromatic heterocycles. The van der Waals surface area contributed by atoms with Crippen molar-refractivity contribution in [3.63, 3.8) is 0 Å². The lowest BCUT2D eigenvalue weighted by Gasteiger charge is -2.08. The summed E-state index contributed by atoms with van der Waals surface area (Å²) in [6.07, 6.45) is 3.28. The van der Waals surface area contributed by atoms with Crippen molar-refractivity contribution in [2.75, 3.05) is 18.9 Å². The largest absolute Gasteiger partial charge is 0.381 e. The molecule has 2 rings (SSSR count). The van der Waals surface area contributed by atoms with Crippen molar-refractivity contribution >= 4 is 17.0 Å². The summed E-state index contributed by atoms with van der Waals surface area (Å²) in [6.45, 7) is 6.77. The molecule has 0 atom stereocenters. The minimum absolute atomic E-state index is 0.595. The molecule has 0 saturated heterocycles. The molecule has 1 heterocycles. The van der Waals surface area contributed by atoms with E-state index in [1.807, 2.05) is 12.1 Å². The summed E-state index contributed by atoms with van der Waals surface area (Å²) in [5.74, 6) is 0.595. The highest BCUT2D eigenvalue weighted by Crippen LogP contribution is 2.21. The Labute approximate surface area is 114 Å². The highest BCUT2D eigenvalue weighted by Gasteiger charge is 2.09. The van der Waals surface area contributed by atoms with Crippen molar-refractivity contribution in [2.45, 2.75) is 39.7 Å². The molecule has 0 radical (unpaired) electrons. The van der Waals surface area contributed by atoms with Crippen LogP contribution in [-0.2, 0) is 11.3 Å². The van der Waals surface area contributed by atoms with Crippen molar-refractivity contribution in [3.05, 3.63) is 23.8 Å². The maximum Gasteiger partial charge on any atom is 0.201 e. The van der Waals surface area contributed by atoms with Crippen molar-refractivity contribution < 1.29 is 4.74 Å². The highest BCUT2D eigenvalue weighted by atomic mass is 16.5. The molecule has 19 heavy (non-hydrogen) atoms. The quantitative estimate of drug-likeness (QED) is 0.779. The Balaban J connectivity index is 1.98. The monoisotopic (exact) mass is 261 g/mol. The zero-order valence-electron chi connectivity index (χ0n) is 11.9. The number of unbranched alkanes of at least 4 members (excludes halogenated alkanes) is 1. The van der Waals surface area contributed by atoms with Crippen LogP contribution >= 0.6 is 0 Å². The van der Waals surface area contributed by atoms with Crippen LogP contribution in [0, 0.1) is 6.92 Å². The fourth-order valence-electron chi connectivity index (χ4n) is 2.28. The van der Waals surface area contributed by atoms with Gasteiger partial charge in [0, 0.05) is 19.8 Å². The SMILES string of the molecule is CCCCOCCCn1c(N)nc2cccc(C)c21. The van der Waals surface area contributed by atoms with E-state index in [4.69, 9.17) is 10.5 Å². The van der Waals surface area contributed by atoms with Crippen LogP contribution < -0.4 is 5.73 Å². The lowest BCUT2D eigenvalue weighted by molar-refractivity contribution is 0.126. The number of aryl methyl sites for hydroxylation is 2. The lowest BCUT2D eigenvalue weighted by Crippen LogP contribution is -2.07. The standard InChI is InChI=1S/C15H23N3O/c1-3-4-10-19-11-6-9-18-14-12(2)7-5-8-13(14)17-15(18)16/h5,7-8H,3-4,6,9-11H2,1-2H3,(H2,16,17). The Bertz CT molecular complexity index is 533. The van der Waals surface area contributed by atoms with Crippen molar-refractivity contribution in [2.24, 2.45) is 0 Å². The maximum absolute atomic E-state index is 6.00. The Morgan fingerprint density at radius 3 is 2.84 bits per heavy atom. The average molecular weight is 261 g/mol. The number of hydrogen-bond acceptors (Lipinski definition) is 3. The van der Waals surface area contributed by atoms with Crippen LogP contribution in [0.15, 0.2) is 18.2 Å². The number of hydrogen-bond donors (Lipinski definition) is 1. The second kappa shape index (κ2) is 6.57. The van der Waals surface area contributed by atoms with Crippen LogP contribution in [0.5, 0.6) is 0 Å². The molecule has 4 heteroatoms. The summed E-state index contributed by atoms with van der Waals surface area (Å²) < 4.78 is 7.67. The Kier molecular flexibility index (Phi) is 4.80. The number of nitrogens with two attached hydrogens (primary N) is 1. The molecule has 1 aromatic carbocycles. The van der Waals surface area contributed by atoms with Crippen molar-refractivity contribution in [3.8, 4) is 0 Å². The second-order valence-corrected chi connectivity index (χ2v) is 4.88. The molecule has 0 fully saturated rings. The third-order valence-electron chi connectivity index (χ3n) is 3.31. The number of imidazole rings is 1. The minimum atomic E-state index is 0.595. The highest BCUT2D eigenvalue weighted by molar-refractivity contribution is 5.81. The van der Waals surface area contributed by atoms with Crippen LogP contribution in [-0.4, -0.2) is 22.8 Å². The Hall–Kier alpha value is -1.55. The molecule has 0 saturated carbocycles. The second-order valence-electron chi connectivity index (χ2n) is 4.88. The van der Waals surface area contributed by atoms with Gasteiger partial charge >= 0.3 is 0 Å². The number of nitrogen functional groups attached to an aromatic ring is 1. The van der Waals surface area contributed by atoms with Gasteiger partial charge < -0.3 is 15.0 Å². The minimum Gasteiger partial charge on any atom is -0.381 e. The van der Waals surface area contributed by atoms with E-state index >= 15 is 0 Å². The Morgan fingerprint density at radius 1 is 1.26 bits per heavy atom. The number of anilines is 1. The third-order valence-corrected chi connectivity index (χ3v) is 3.31. The van der Waals surface area contributed by atoms with Gasteiger partial charge in [0.25, 0.3) is 0 Å². The van der Waals surface area contributed by atoms with E-state index in [2.05, 4.69) is 29.5 Å². The first kappa shape index (κ1) is 13.9. The maximum atomic E-state index is 6.00. The lowest BCUT2D eigenvalue weighted by atomic mass is 10.2. The normalized spacial score (nSPS) is 11.3. The summed E-state index contributed by atoms with van der Waals surface area (Å²) in [7, 11) is 0. The van der Waals surface area contributed by atoms with Gasteiger partial charge in [0.15, 0.2) is 0 Å². The number of aromatic nitrogens is 2. The molecule has 0 aliphatic rings. The van der Waals surface area contributed by atoms with E-state index in [1.165, 1.54) is 12.0 Å². The van der Waals surface area contributed by atoms with E-state index in [-0.39, 0.29) is 0 Å². The first-order valence-electron chi connectivity index (χ1n) is 7.03. The van der Waals surface area contributed by atoms with E-state index in [1.54, 1.807) is 0 Å². The summed E-state index contributed by atoms with van der Waals surface area (Å²) >= 11 is 0. The van der Waals surface area contributed by atoms with Crippen LogP contribution in [0.1, 0.15) is 31.7 Å². The first-order chi connectivity index (χ1) is 9.24. The van der Waals surface area contributed by atoms with Gasteiger partial charge in [-0.2, -0.15) is 0 Å². The summed E-state index contributed by atoms with van der Waals surface area (Å²) in [5.41, 5.74) is 9.34. The van der Waals surface area contributed by atoms with Gasteiger partial charge in [-0.25, -0.2) is 4.98 Å². The molecule has 0 aliphatic carbocycles. The van der Waals surface area contributed by atoms with Crippen molar-refractivity contribution in [1.29, 1.82) is 0 Å².